The summed E-state index contributed by atoms with van der Waals surface area (Å²) in [4.78, 5) is 12.2. The molecule has 0 spiro atoms. The van der Waals surface area contributed by atoms with Gasteiger partial charge < -0.3 is 10.1 Å². The van der Waals surface area contributed by atoms with Gasteiger partial charge in [-0.25, -0.2) is 12.8 Å². The third kappa shape index (κ3) is 3.18. The molecule has 0 saturated heterocycles. The van der Waals surface area contributed by atoms with Gasteiger partial charge in [-0.2, -0.15) is 0 Å². The number of halogens is 1. The predicted molar refractivity (Wildman–Crippen MR) is 88.5 cm³/mol. The first-order valence-electron chi connectivity index (χ1n) is 7.17. The zero-order chi connectivity index (χ0) is 17.3. The third-order valence-electron chi connectivity index (χ3n) is 3.56. The van der Waals surface area contributed by atoms with E-state index >= 15 is 0 Å². The lowest BCUT2D eigenvalue weighted by Crippen LogP contribution is -2.37. The predicted octanol–water partition coefficient (Wildman–Crippen LogP) is 2.24. The summed E-state index contributed by atoms with van der Waals surface area (Å²) in [6, 6.07) is 10.3. The van der Waals surface area contributed by atoms with Crippen LogP contribution in [0.5, 0.6) is 5.75 Å². The number of nitrogens with zero attached hydrogens (tertiary/aromatic N) is 1. The molecule has 2 aromatic rings. The van der Waals surface area contributed by atoms with Gasteiger partial charge in [0.25, 0.3) is 5.91 Å². The molecule has 2 aromatic carbocycles. The van der Waals surface area contributed by atoms with Crippen molar-refractivity contribution in [2.75, 3.05) is 29.0 Å². The highest BCUT2D eigenvalue weighted by atomic mass is 32.2. The molecular formula is C16H15FN2O4S. The van der Waals surface area contributed by atoms with Gasteiger partial charge in [0.1, 0.15) is 18.2 Å². The Labute approximate surface area is 138 Å². The first-order valence-corrected chi connectivity index (χ1v) is 9.01. The molecule has 8 heteroatoms. The van der Waals surface area contributed by atoms with Crippen molar-refractivity contribution in [2.45, 2.75) is 0 Å². The highest BCUT2D eigenvalue weighted by molar-refractivity contribution is 7.92. The molecule has 0 aliphatic carbocycles. The van der Waals surface area contributed by atoms with Gasteiger partial charge in [-0.15, -0.1) is 0 Å². The fourth-order valence-electron chi connectivity index (χ4n) is 2.46. The Morgan fingerprint density at radius 2 is 2.00 bits per heavy atom. The lowest BCUT2D eigenvalue weighted by Gasteiger charge is -2.29. The first-order chi connectivity index (χ1) is 11.4. The normalized spacial score (nSPS) is 13.8. The topological polar surface area (TPSA) is 75.7 Å². The number of ether oxygens (including phenoxy) is 1. The standard InChI is InChI=1S/C16H15FN2O4S/c1-24(21,22)19-8-9-23-15-7-6-11(10-14(15)19)18-16(20)12-4-2-3-5-13(12)17/h2-7,10H,8-9H2,1H3,(H,18,20). The SMILES string of the molecule is CS(=O)(=O)N1CCOc2ccc(NC(=O)c3ccccc3F)cc21. The molecule has 0 saturated carbocycles. The summed E-state index contributed by atoms with van der Waals surface area (Å²) in [7, 11) is -3.46. The van der Waals surface area contributed by atoms with Gasteiger partial charge in [0.05, 0.1) is 24.1 Å². The number of benzene rings is 2. The molecule has 0 unspecified atom stereocenters. The van der Waals surface area contributed by atoms with E-state index in [-0.39, 0.29) is 18.7 Å². The Bertz CT molecular complexity index is 899. The average molecular weight is 350 g/mol. The van der Waals surface area contributed by atoms with Gasteiger partial charge in [-0.05, 0) is 30.3 Å². The maximum Gasteiger partial charge on any atom is 0.258 e. The minimum absolute atomic E-state index is 0.0913. The molecule has 0 bridgehead atoms. The van der Waals surface area contributed by atoms with E-state index in [1.54, 1.807) is 18.2 Å². The van der Waals surface area contributed by atoms with E-state index < -0.39 is 21.7 Å². The van der Waals surface area contributed by atoms with Crippen LogP contribution in [0.4, 0.5) is 15.8 Å². The lowest BCUT2D eigenvalue weighted by atomic mass is 10.2. The number of nitrogens with one attached hydrogen (secondary N) is 1. The maximum atomic E-state index is 13.7. The van der Waals surface area contributed by atoms with Crippen molar-refractivity contribution >= 4 is 27.3 Å². The minimum atomic E-state index is -3.46. The Morgan fingerprint density at radius 1 is 1.25 bits per heavy atom. The molecule has 0 atom stereocenters. The van der Waals surface area contributed by atoms with Crippen LogP contribution in [0.3, 0.4) is 0 Å². The highest BCUT2D eigenvalue weighted by Gasteiger charge is 2.25. The highest BCUT2D eigenvalue weighted by Crippen LogP contribution is 2.35. The molecule has 0 radical (unpaired) electrons. The molecule has 126 valence electrons. The number of carbonyl (C=O) groups excluding carboxylic acids is 1. The van der Waals surface area contributed by atoms with E-state index in [2.05, 4.69) is 5.32 Å². The molecule has 1 amide bonds. The fraction of sp³-hybridized carbons (Fsp3) is 0.188. The Morgan fingerprint density at radius 3 is 2.71 bits per heavy atom. The molecule has 0 aromatic heterocycles. The number of sulfonamides is 1. The van der Waals surface area contributed by atoms with Crippen molar-refractivity contribution in [2.24, 2.45) is 0 Å². The number of anilines is 2. The lowest BCUT2D eigenvalue weighted by molar-refractivity contribution is 0.102. The summed E-state index contributed by atoms with van der Waals surface area (Å²) in [6.45, 7) is 0.442. The summed E-state index contributed by atoms with van der Waals surface area (Å²) in [5.74, 6) is -0.833. The molecule has 1 N–H and O–H groups in total. The molecular weight excluding hydrogens is 335 g/mol. The van der Waals surface area contributed by atoms with Crippen LogP contribution in [-0.4, -0.2) is 33.7 Å². The van der Waals surface area contributed by atoms with Gasteiger partial charge >= 0.3 is 0 Å². The quantitative estimate of drug-likeness (QED) is 0.921. The van der Waals surface area contributed by atoms with Crippen LogP contribution >= 0.6 is 0 Å². The Balaban J connectivity index is 1.91. The molecule has 1 aliphatic heterocycles. The number of hydrogen-bond donors (Lipinski definition) is 1. The Kier molecular flexibility index (Phi) is 4.15. The molecule has 0 fully saturated rings. The monoisotopic (exact) mass is 350 g/mol. The summed E-state index contributed by atoms with van der Waals surface area (Å²) in [6.07, 6.45) is 1.10. The summed E-state index contributed by atoms with van der Waals surface area (Å²) in [5, 5.41) is 2.57. The van der Waals surface area contributed by atoms with Crippen molar-refractivity contribution in [3.8, 4) is 5.75 Å². The van der Waals surface area contributed by atoms with Gasteiger partial charge in [-0.3, -0.25) is 9.10 Å². The fourth-order valence-corrected chi connectivity index (χ4v) is 3.37. The second kappa shape index (κ2) is 6.12. The van der Waals surface area contributed by atoms with E-state index in [1.807, 2.05) is 0 Å². The number of amides is 1. The van der Waals surface area contributed by atoms with Crippen LogP contribution in [0.2, 0.25) is 0 Å². The van der Waals surface area contributed by atoms with E-state index in [0.29, 0.717) is 17.1 Å². The van der Waals surface area contributed by atoms with Crippen LogP contribution in [0, 0.1) is 5.82 Å². The molecule has 1 heterocycles. The third-order valence-corrected chi connectivity index (χ3v) is 4.74. The van der Waals surface area contributed by atoms with Gasteiger partial charge in [0.2, 0.25) is 10.0 Å². The van der Waals surface area contributed by atoms with Gasteiger partial charge in [0.15, 0.2) is 0 Å². The van der Waals surface area contributed by atoms with Crippen LogP contribution in [0.1, 0.15) is 10.4 Å². The van der Waals surface area contributed by atoms with Crippen molar-refractivity contribution in [3.05, 3.63) is 53.8 Å². The smallest absolute Gasteiger partial charge is 0.258 e. The second-order valence-electron chi connectivity index (χ2n) is 5.30. The van der Waals surface area contributed by atoms with Crippen LogP contribution < -0.4 is 14.4 Å². The zero-order valence-electron chi connectivity index (χ0n) is 12.8. The van der Waals surface area contributed by atoms with Gasteiger partial charge in [0, 0.05) is 5.69 Å². The minimum Gasteiger partial charge on any atom is -0.489 e. The maximum absolute atomic E-state index is 13.7. The van der Waals surface area contributed by atoms with Crippen LogP contribution in [0.25, 0.3) is 0 Å². The summed E-state index contributed by atoms with van der Waals surface area (Å²) >= 11 is 0. The van der Waals surface area contributed by atoms with E-state index in [4.69, 9.17) is 4.74 Å². The largest absolute Gasteiger partial charge is 0.489 e. The van der Waals surface area contributed by atoms with Crippen molar-refractivity contribution in [1.29, 1.82) is 0 Å². The van der Waals surface area contributed by atoms with E-state index in [9.17, 15) is 17.6 Å². The summed E-state index contributed by atoms with van der Waals surface area (Å²) in [5.41, 5.74) is 0.600. The molecule has 6 nitrogen and oxygen atoms in total. The van der Waals surface area contributed by atoms with Gasteiger partial charge in [-0.1, -0.05) is 12.1 Å². The second-order valence-corrected chi connectivity index (χ2v) is 7.21. The van der Waals surface area contributed by atoms with E-state index in [1.165, 1.54) is 28.6 Å². The van der Waals surface area contributed by atoms with Crippen molar-refractivity contribution in [1.82, 2.24) is 0 Å². The number of fused-ring (bicyclic) bond motifs is 1. The number of carbonyl (C=O) groups is 1. The summed E-state index contributed by atoms with van der Waals surface area (Å²) < 4.78 is 44.1. The van der Waals surface area contributed by atoms with Crippen molar-refractivity contribution in [3.63, 3.8) is 0 Å². The zero-order valence-corrected chi connectivity index (χ0v) is 13.6. The molecule has 1 aliphatic rings. The van der Waals surface area contributed by atoms with Crippen molar-refractivity contribution < 1.29 is 22.3 Å². The van der Waals surface area contributed by atoms with Crippen LogP contribution in [-0.2, 0) is 10.0 Å². The molecule has 3 rings (SSSR count). The van der Waals surface area contributed by atoms with E-state index in [0.717, 1.165) is 6.26 Å². The first kappa shape index (κ1) is 16.3. The molecule has 24 heavy (non-hydrogen) atoms. The Hall–Kier alpha value is -2.61. The number of hydrogen-bond acceptors (Lipinski definition) is 4. The number of rotatable bonds is 3. The average Bonchev–Trinajstić information content (AvgIpc) is 2.53. The van der Waals surface area contributed by atoms with Crippen LogP contribution in [0.15, 0.2) is 42.5 Å².